The van der Waals surface area contributed by atoms with Gasteiger partial charge < -0.3 is 9.30 Å². The van der Waals surface area contributed by atoms with Crippen LogP contribution in [0.2, 0.25) is 0 Å². The molecule has 0 N–H and O–H groups in total. The molecular formula is C23H23FeNO2. The molecule has 2 saturated carbocycles. The molecule has 2 aliphatic carbocycles. The summed E-state index contributed by atoms with van der Waals surface area (Å²) in [5, 5.41) is 0.984. The molecule has 10 radical (unpaired) electrons. The van der Waals surface area contributed by atoms with Crippen LogP contribution in [0.5, 0.6) is 0 Å². The second-order valence-electron chi connectivity index (χ2n) is 6.18. The zero-order valence-electron chi connectivity index (χ0n) is 15.5. The first-order chi connectivity index (χ1) is 12.8. The van der Waals surface area contributed by atoms with Crippen LogP contribution in [0.3, 0.4) is 0 Å². The van der Waals surface area contributed by atoms with E-state index < -0.39 is 0 Å². The van der Waals surface area contributed by atoms with Crippen LogP contribution < -0.4 is 0 Å². The fourth-order valence-corrected chi connectivity index (χ4v) is 3.37. The second-order valence-corrected chi connectivity index (χ2v) is 6.18. The first kappa shape index (κ1) is 22.2. The number of aromatic nitrogens is 1. The number of para-hydroxylation sites is 1. The second kappa shape index (κ2) is 11.0. The maximum Gasteiger partial charge on any atom is 0.152 e. The number of rotatable bonds is 5. The molecule has 0 amide bonds. The van der Waals surface area contributed by atoms with Gasteiger partial charge in [0.1, 0.15) is 6.73 Å². The molecule has 2 fully saturated rings. The van der Waals surface area contributed by atoms with E-state index in [4.69, 9.17) is 4.74 Å². The van der Waals surface area contributed by atoms with Crippen molar-refractivity contribution in [2.24, 2.45) is 0 Å². The predicted molar refractivity (Wildman–Crippen MR) is 105 cm³/mol. The molecule has 4 rings (SSSR count). The molecule has 27 heavy (non-hydrogen) atoms. The topological polar surface area (TPSA) is 31.2 Å². The molecule has 4 heteroatoms. The fraction of sp³-hybridized carbons (Fsp3) is 0.174. The number of fused-ring (bicyclic) bond motifs is 1. The van der Waals surface area contributed by atoms with Crippen molar-refractivity contribution in [1.82, 2.24) is 4.57 Å². The monoisotopic (exact) mass is 401 g/mol. The Balaban J connectivity index is 0.000000379. The maximum absolute atomic E-state index is 11.7. The third kappa shape index (κ3) is 5.04. The number of carbonyl (C=O) groups excluding carboxylic acids is 1. The van der Waals surface area contributed by atoms with E-state index >= 15 is 0 Å². The minimum Gasteiger partial charge on any atom is -0.364 e. The molecule has 140 valence electrons. The molecule has 1 aromatic carbocycles. The van der Waals surface area contributed by atoms with E-state index in [-0.39, 0.29) is 23.0 Å². The summed E-state index contributed by atoms with van der Waals surface area (Å²) in [6.45, 7) is 2.57. The number of carbonyl (C=O) groups is 1. The predicted octanol–water partition coefficient (Wildman–Crippen LogP) is 4.59. The maximum atomic E-state index is 11.7. The molecule has 0 bridgehead atoms. The van der Waals surface area contributed by atoms with Crippen LogP contribution in [-0.4, -0.2) is 18.0 Å². The van der Waals surface area contributed by atoms with Gasteiger partial charge >= 0.3 is 0 Å². The van der Waals surface area contributed by atoms with E-state index in [2.05, 4.69) is 24.3 Å². The number of nitrogens with zero attached hydrogens (tertiary/aromatic N) is 1. The molecular weight excluding hydrogens is 378 g/mol. The zero-order valence-corrected chi connectivity index (χ0v) is 16.6. The molecule has 2 aliphatic rings. The standard InChI is InChI=1S/C18H18NO2.C5H5.Fe/c1-13(14-7-3-4-8-14)18-16(11-20)15-9-5-6-10-17(15)19(18)12-21-2;1-2-4-5-3-1;/h3-11,13H,12H2,1-2H3;1-5H;/t13-;;/m0../s1. The molecule has 0 spiro atoms. The summed E-state index contributed by atoms with van der Waals surface area (Å²) in [5.74, 6) is 1.35. The van der Waals surface area contributed by atoms with Gasteiger partial charge in [0.25, 0.3) is 0 Å². The van der Waals surface area contributed by atoms with Gasteiger partial charge in [-0.1, -0.05) is 25.1 Å². The zero-order chi connectivity index (χ0) is 18.4. The van der Waals surface area contributed by atoms with E-state index in [0.717, 1.165) is 28.4 Å². The number of benzene rings is 1. The van der Waals surface area contributed by atoms with Crippen LogP contribution in [0, 0.1) is 63.7 Å². The van der Waals surface area contributed by atoms with Crippen LogP contribution in [-0.2, 0) is 28.5 Å². The van der Waals surface area contributed by atoms with Gasteiger partial charge in [0, 0.05) is 46.7 Å². The first-order valence-electron chi connectivity index (χ1n) is 8.71. The quantitative estimate of drug-likeness (QED) is 0.542. The molecule has 0 unspecified atom stereocenters. The van der Waals surface area contributed by atoms with Gasteiger partial charge in [-0.05, 0) is 69.8 Å². The number of hydrogen-bond donors (Lipinski definition) is 0. The van der Waals surface area contributed by atoms with E-state index in [0.29, 0.717) is 6.73 Å². The van der Waals surface area contributed by atoms with Crippen molar-refractivity contribution in [2.75, 3.05) is 7.11 Å². The Morgan fingerprint density at radius 1 is 1.00 bits per heavy atom. The Morgan fingerprint density at radius 2 is 1.59 bits per heavy atom. The number of methoxy groups -OCH3 is 1. The minimum absolute atomic E-state index is 0. The average molecular weight is 401 g/mol. The summed E-state index contributed by atoms with van der Waals surface area (Å²) < 4.78 is 7.44. The van der Waals surface area contributed by atoms with Gasteiger partial charge in [0.2, 0.25) is 0 Å². The van der Waals surface area contributed by atoms with E-state index in [9.17, 15) is 4.79 Å². The summed E-state index contributed by atoms with van der Waals surface area (Å²) in [5.41, 5.74) is 2.81. The summed E-state index contributed by atoms with van der Waals surface area (Å²) >= 11 is 0. The van der Waals surface area contributed by atoms with Gasteiger partial charge in [-0.25, -0.2) is 0 Å². The average Bonchev–Trinajstić information content (AvgIpc) is 3.43. The van der Waals surface area contributed by atoms with Crippen LogP contribution in [0.15, 0.2) is 24.3 Å². The minimum atomic E-state index is 0. The molecule has 3 nitrogen and oxygen atoms in total. The van der Waals surface area contributed by atoms with Crippen molar-refractivity contribution in [3.8, 4) is 0 Å². The third-order valence-corrected chi connectivity index (χ3v) is 4.58. The summed E-state index contributed by atoms with van der Waals surface area (Å²) in [7, 11) is 1.67. The molecule has 0 saturated heterocycles. The van der Waals surface area contributed by atoms with Crippen molar-refractivity contribution in [3.05, 3.63) is 99.2 Å². The molecule has 2 aromatic rings. The summed E-state index contributed by atoms with van der Waals surface area (Å²) in [6, 6.07) is 7.97. The number of aldehydes is 1. The number of ether oxygens (including phenoxy) is 1. The van der Waals surface area contributed by atoms with Crippen molar-refractivity contribution >= 4 is 17.2 Å². The van der Waals surface area contributed by atoms with E-state index in [1.165, 1.54) is 5.92 Å². The molecule has 1 aromatic heterocycles. The van der Waals surface area contributed by atoms with Gasteiger partial charge in [0.05, 0.1) is 5.52 Å². The molecule has 1 heterocycles. The van der Waals surface area contributed by atoms with E-state index in [1.807, 2.05) is 69.2 Å². The van der Waals surface area contributed by atoms with Crippen molar-refractivity contribution < 1.29 is 26.6 Å². The SMILES string of the molecule is COCn1c([C@@H](C)[C]2[CH][CH][CH][CH]2)c(C=O)c2ccccc21.[CH]1[CH][CH][CH][CH]1.[Fe]. The fourth-order valence-electron chi connectivity index (χ4n) is 3.37. The molecule has 1 atom stereocenters. The Bertz CT molecular complexity index is 707. The van der Waals surface area contributed by atoms with Gasteiger partial charge in [-0.3, -0.25) is 4.79 Å². The van der Waals surface area contributed by atoms with Crippen molar-refractivity contribution in [3.63, 3.8) is 0 Å². The Hall–Kier alpha value is -1.09. The van der Waals surface area contributed by atoms with Crippen LogP contribution in [0.25, 0.3) is 10.9 Å². The van der Waals surface area contributed by atoms with Gasteiger partial charge in [-0.2, -0.15) is 0 Å². The smallest absolute Gasteiger partial charge is 0.152 e. The van der Waals surface area contributed by atoms with Gasteiger partial charge in [0.15, 0.2) is 6.29 Å². The van der Waals surface area contributed by atoms with Crippen molar-refractivity contribution in [1.29, 1.82) is 0 Å². The van der Waals surface area contributed by atoms with Crippen molar-refractivity contribution in [2.45, 2.75) is 19.6 Å². The van der Waals surface area contributed by atoms with E-state index in [1.54, 1.807) is 7.11 Å². The van der Waals surface area contributed by atoms with Crippen LogP contribution in [0.4, 0.5) is 0 Å². The van der Waals surface area contributed by atoms with Crippen LogP contribution in [0.1, 0.15) is 28.9 Å². The summed E-state index contributed by atoms with van der Waals surface area (Å²) in [6.07, 6.45) is 19.2. The summed E-state index contributed by atoms with van der Waals surface area (Å²) in [4.78, 5) is 11.7. The largest absolute Gasteiger partial charge is 0.364 e. The number of hydrogen-bond acceptors (Lipinski definition) is 2. The Morgan fingerprint density at radius 3 is 2.15 bits per heavy atom. The van der Waals surface area contributed by atoms with Crippen LogP contribution >= 0.6 is 0 Å². The van der Waals surface area contributed by atoms with Gasteiger partial charge in [-0.15, -0.1) is 0 Å². The Kier molecular flexibility index (Phi) is 9.08. The Labute approximate surface area is 174 Å². The normalized spacial score (nSPS) is 18.0. The molecule has 0 aliphatic heterocycles. The third-order valence-electron chi connectivity index (χ3n) is 4.58. The first-order valence-corrected chi connectivity index (χ1v) is 8.71.